The zero-order valence-electron chi connectivity index (χ0n) is 11.0. The number of carbonyl (C=O) groups is 1. The summed E-state index contributed by atoms with van der Waals surface area (Å²) in [4.78, 5) is 11.3. The van der Waals surface area contributed by atoms with Crippen LogP contribution in [0.5, 0.6) is 0 Å². The topological polar surface area (TPSA) is 92.5 Å². The molecule has 6 nitrogen and oxygen atoms in total. The molecule has 0 bridgehead atoms. The van der Waals surface area contributed by atoms with E-state index in [1.165, 1.54) is 22.5 Å². The molecule has 1 aliphatic rings. The molecule has 8 heteroatoms. The van der Waals surface area contributed by atoms with Crippen LogP contribution in [0.15, 0.2) is 27.6 Å². The summed E-state index contributed by atoms with van der Waals surface area (Å²) in [5, 5.41) is 3.13. The Bertz CT molecular complexity index is 627. The van der Waals surface area contributed by atoms with Gasteiger partial charge in [-0.05, 0) is 31.2 Å². The molecule has 3 N–H and O–H groups in total. The number of nitrogens with one attached hydrogen (secondary N) is 1. The number of primary amides is 1. The Morgan fingerprint density at radius 1 is 1.45 bits per heavy atom. The molecular weight excluding hydrogens is 346 g/mol. The van der Waals surface area contributed by atoms with Gasteiger partial charge in [-0.15, -0.1) is 0 Å². The number of sulfonamides is 1. The molecule has 2 rings (SSSR count). The standard InChI is InChI=1S/C12H16BrN3O3S/c1-16(10-2-3-15-7-10)20(18,19)11-5-8(12(14)17)4-9(13)6-11/h4-6,10,15H,2-3,7H2,1H3,(H2,14,17). The maximum Gasteiger partial charge on any atom is 0.248 e. The Labute approximate surface area is 126 Å². The van der Waals surface area contributed by atoms with Crippen LogP contribution in [0.2, 0.25) is 0 Å². The zero-order valence-corrected chi connectivity index (χ0v) is 13.4. The highest BCUT2D eigenvalue weighted by atomic mass is 79.9. The van der Waals surface area contributed by atoms with Crippen molar-refractivity contribution in [3.05, 3.63) is 28.2 Å². The maximum atomic E-state index is 12.6. The van der Waals surface area contributed by atoms with Crippen LogP contribution in [0, 0.1) is 0 Å². The molecule has 1 amide bonds. The van der Waals surface area contributed by atoms with E-state index < -0.39 is 15.9 Å². The van der Waals surface area contributed by atoms with E-state index in [1.807, 2.05) is 0 Å². The first-order valence-electron chi connectivity index (χ1n) is 6.11. The summed E-state index contributed by atoms with van der Waals surface area (Å²) in [6, 6.07) is 4.21. The van der Waals surface area contributed by atoms with Crippen LogP contribution in [-0.2, 0) is 10.0 Å². The predicted octanol–water partition coefficient (Wildman–Crippen LogP) is 0.530. The number of halogens is 1. The van der Waals surface area contributed by atoms with Crippen molar-refractivity contribution in [2.45, 2.75) is 17.4 Å². The van der Waals surface area contributed by atoms with Crippen LogP contribution in [-0.4, -0.2) is 44.8 Å². The smallest absolute Gasteiger partial charge is 0.248 e. The molecule has 1 fully saturated rings. The van der Waals surface area contributed by atoms with Crippen LogP contribution in [0.4, 0.5) is 0 Å². The van der Waals surface area contributed by atoms with Crippen molar-refractivity contribution in [3.63, 3.8) is 0 Å². The number of carbonyl (C=O) groups excluding carboxylic acids is 1. The molecule has 110 valence electrons. The fourth-order valence-corrected chi connectivity index (χ4v) is 4.27. The lowest BCUT2D eigenvalue weighted by Crippen LogP contribution is -2.38. The van der Waals surface area contributed by atoms with Gasteiger partial charge in [0.1, 0.15) is 0 Å². The average molecular weight is 362 g/mol. The fraction of sp³-hybridized carbons (Fsp3) is 0.417. The van der Waals surface area contributed by atoms with E-state index in [0.29, 0.717) is 11.0 Å². The van der Waals surface area contributed by atoms with Gasteiger partial charge in [-0.25, -0.2) is 8.42 Å². The Balaban J connectivity index is 2.40. The number of rotatable bonds is 4. The minimum atomic E-state index is -3.65. The lowest BCUT2D eigenvalue weighted by molar-refractivity contribution is 0.1000. The summed E-state index contributed by atoms with van der Waals surface area (Å²) in [7, 11) is -2.09. The summed E-state index contributed by atoms with van der Waals surface area (Å²) in [5.41, 5.74) is 5.38. The molecule has 1 unspecified atom stereocenters. The minimum Gasteiger partial charge on any atom is -0.366 e. The van der Waals surface area contributed by atoms with E-state index in [4.69, 9.17) is 5.73 Å². The third-order valence-corrected chi connectivity index (χ3v) is 5.73. The van der Waals surface area contributed by atoms with Crippen LogP contribution in [0.3, 0.4) is 0 Å². The van der Waals surface area contributed by atoms with Gasteiger partial charge in [0.15, 0.2) is 0 Å². The summed E-state index contributed by atoms with van der Waals surface area (Å²) in [6.07, 6.45) is 0.770. The van der Waals surface area contributed by atoms with E-state index in [1.54, 1.807) is 7.05 Å². The second-order valence-electron chi connectivity index (χ2n) is 4.71. The molecule has 1 saturated heterocycles. The van der Waals surface area contributed by atoms with Gasteiger partial charge < -0.3 is 11.1 Å². The number of nitrogens with zero attached hydrogens (tertiary/aromatic N) is 1. The van der Waals surface area contributed by atoms with E-state index in [-0.39, 0.29) is 16.5 Å². The summed E-state index contributed by atoms with van der Waals surface area (Å²) in [5.74, 6) is -0.659. The van der Waals surface area contributed by atoms with Gasteiger partial charge in [0, 0.05) is 29.7 Å². The lowest BCUT2D eigenvalue weighted by atomic mass is 10.2. The molecule has 1 atom stereocenters. The van der Waals surface area contributed by atoms with Crippen LogP contribution < -0.4 is 11.1 Å². The Morgan fingerprint density at radius 3 is 2.70 bits per heavy atom. The Hall–Kier alpha value is -0.960. The van der Waals surface area contributed by atoms with Crippen LogP contribution in [0.25, 0.3) is 0 Å². The highest BCUT2D eigenvalue weighted by Gasteiger charge is 2.30. The van der Waals surface area contributed by atoms with Crippen molar-refractivity contribution in [1.29, 1.82) is 0 Å². The predicted molar refractivity (Wildman–Crippen MR) is 78.9 cm³/mol. The van der Waals surface area contributed by atoms with Gasteiger partial charge in [0.2, 0.25) is 15.9 Å². The van der Waals surface area contributed by atoms with E-state index in [2.05, 4.69) is 21.2 Å². The van der Waals surface area contributed by atoms with Gasteiger partial charge in [-0.2, -0.15) is 4.31 Å². The molecule has 0 radical (unpaired) electrons. The van der Waals surface area contributed by atoms with Gasteiger partial charge in [0.25, 0.3) is 0 Å². The molecule has 1 aromatic rings. The summed E-state index contributed by atoms with van der Waals surface area (Å²) in [6.45, 7) is 1.43. The molecule has 0 aromatic heterocycles. The molecule has 0 aliphatic carbocycles. The average Bonchev–Trinajstić information content (AvgIpc) is 2.90. The Morgan fingerprint density at radius 2 is 2.15 bits per heavy atom. The molecule has 0 spiro atoms. The third-order valence-electron chi connectivity index (χ3n) is 3.38. The molecule has 1 heterocycles. The number of likely N-dealkylation sites (N-methyl/N-ethyl adjacent to an activating group) is 1. The van der Waals surface area contributed by atoms with Gasteiger partial charge in [-0.1, -0.05) is 15.9 Å². The number of benzene rings is 1. The van der Waals surface area contributed by atoms with Crippen molar-refractivity contribution in [1.82, 2.24) is 9.62 Å². The fourth-order valence-electron chi connectivity index (χ4n) is 2.17. The monoisotopic (exact) mass is 361 g/mol. The first-order valence-corrected chi connectivity index (χ1v) is 8.35. The second-order valence-corrected chi connectivity index (χ2v) is 7.62. The number of hydrogen-bond acceptors (Lipinski definition) is 4. The van der Waals surface area contributed by atoms with Crippen LogP contribution >= 0.6 is 15.9 Å². The van der Waals surface area contributed by atoms with Crippen LogP contribution in [0.1, 0.15) is 16.8 Å². The van der Waals surface area contributed by atoms with E-state index >= 15 is 0 Å². The molecule has 1 aromatic carbocycles. The summed E-state index contributed by atoms with van der Waals surface area (Å²) < 4.78 is 27.0. The van der Waals surface area contributed by atoms with Gasteiger partial charge >= 0.3 is 0 Å². The minimum absolute atomic E-state index is 0.0649. The zero-order chi connectivity index (χ0) is 14.9. The van der Waals surface area contributed by atoms with Gasteiger partial charge in [0.05, 0.1) is 4.90 Å². The first kappa shape index (κ1) is 15.4. The molecule has 20 heavy (non-hydrogen) atoms. The quantitative estimate of drug-likeness (QED) is 0.817. The largest absolute Gasteiger partial charge is 0.366 e. The summed E-state index contributed by atoms with van der Waals surface area (Å²) >= 11 is 3.20. The van der Waals surface area contributed by atoms with E-state index in [0.717, 1.165) is 13.0 Å². The van der Waals surface area contributed by atoms with Crippen molar-refractivity contribution >= 4 is 31.9 Å². The number of nitrogens with two attached hydrogens (primary N) is 1. The van der Waals surface area contributed by atoms with Crippen molar-refractivity contribution in [2.24, 2.45) is 5.73 Å². The highest BCUT2D eigenvalue weighted by Crippen LogP contribution is 2.24. The number of hydrogen-bond donors (Lipinski definition) is 2. The van der Waals surface area contributed by atoms with Crippen molar-refractivity contribution in [2.75, 3.05) is 20.1 Å². The van der Waals surface area contributed by atoms with E-state index in [9.17, 15) is 13.2 Å². The van der Waals surface area contributed by atoms with Crippen molar-refractivity contribution < 1.29 is 13.2 Å². The molecular formula is C12H16BrN3O3S. The molecule has 0 saturated carbocycles. The molecule has 1 aliphatic heterocycles. The lowest BCUT2D eigenvalue weighted by Gasteiger charge is -2.23. The Kier molecular flexibility index (Phi) is 4.48. The SMILES string of the molecule is CN(C1CCNC1)S(=O)(=O)c1cc(Br)cc(C(N)=O)c1. The maximum absolute atomic E-state index is 12.6. The normalized spacial score (nSPS) is 19.4. The van der Waals surface area contributed by atoms with Crippen molar-refractivity contribution in [3.8, 4) is 0 Å². The first-order chi connectivity index (χ1) is 9.32. The highest BCUT2D eigenvalue weighted by molar-refractivity contribution is 9.10. The van der Waals surface area contributed by atoms with Gasteiger partial charge in [-0.3, -0.25) is 4.79 Å². The number of amides is 1. The second kappa shape index (κ2) is 5.80. The third kappa shape index (κ3) is 3.03.